The van der Waals surface area contributed by atoms with Crippen molar-refractivity contribution < 1.29 is 0 Å². The molecule has 0 aliphatic carbocycles. The summed E-state index contributed by atoms with van der Waals surface area (Å²) < 4.78 is 0. The molecular formula is C11H15N. The third-order valence-corrected chi connectivity index (χ3v) is 2.74. The van der Waals surface area contributed by atoms with E-state index < -0.39 is 0 Å². The van der Waals surface area contributed by atoms with Crippen LogP contribution in [0.2, 0.25) is 0 Å². The first-order valence-corrected chi connectivity index (χ1v) is 4.61. The molecular weight excluding hydrogens is 146 g/mol. The minimum absolute atomic E-state index is 0.536. The quantitative estimate of drug-likeness (QED) is 0.615. The van der Waals surface area contributed by atoms with Crippen molar-refractivity contribution in [1.29, 1.82) is 0 Å². The fraction of sp³-hybridized carbons (Fsp3) is 0.455. The molecule has 1 atom stereocenters. The van der Waals surface area contributed by atoms with Gasteiger partial charge in [-0.15, -0.1) is 0 Å². The summed E-state index contributed by atoms with van der Waals surface area (Å²) in [6.45, 7) is 5.56. The van der Waals surface area contributed by atoms with Gasteiger partial charge in [-0.05, 0) is 43.5 Å². The smallest absolute Gasteiger partial charge is 0.0294 e. The Morgan fingerprint density at radius 3 is 3.00 bits per heavy atom. The molecule has 1 heterocycles. The summed E-state index contributed by atoms with van der Waals surface area (Å²) in [6, 6.07) is 7.13. The zero-order valence-electron chi connectivity index (χ0n) is 7.72. The van der Waals surface area contributed by atoms with Gasteiger partial charge in [-0.3, -0.25) is 0 Å². The van der Waals surface area contributed by atoms with Gasteiger partial charge in [-0.1, -0.05) is 18.2 Å². The maximum atomic E-state index is 3.47. The highest BCUT2D eigenvalue weighted by atomic mass is 14.9. The third kappa shape index (κ3) is 1.14. The van der Waals surface area contributed by atoms with E-state index >= 15 is 0 Å². The average Bonchev–Trinajstić information content (AvgIpc) is 2.07. The Morgan fingerprint density at radius 2 is 2.25 bits per heavy atom. The van der Waals surface area contributed by atoms with E-state index in [-0.39, 0.29) is 0 Å². The summed E-state index contributed by atoms with van der Waals surface area (Å²) in [7, 11) is 0. The van der Waals surface area contributed by atoms with Crippen LogP contribution in [0.3, 0.4) is 0 Å². The van der Waals surface area contributed by atoms with Crippen molar-refractivity contribution in [3.63, 3.8) is 0 Å². The van der Waals surface area contributed by atoms with Crippen LogP contribution in [0.5, 0.6) is 0 Å². The molecule has 0 saturated heterocycles. The Kier molecular flexibility index (Phi) is 1.89. The molecule has 1 aliphatic heterocycles. The Balaban J connectivity index is 2.52. The SMILES string of the molecule is Cc1cccc2c1CCN[C@H]2C. The lowest BCUT2D eigenvalue weighted by molar-refractivity contribution is 0.539. The molecule has 0 bridgehead atoms. The molecule has 0 saturated carbocycles. The van der Waals surface area contributed by atoms with Gasteiger partial charge in [0.05, 0.1) is 0 Å². The van der Waals surface area contributed by atoms with Crippen molar-refractivity contribution >= 4 is 0 Å². The molecule has 1 heteroatoms. The molecule has 0 aromatic heterocycles. The second-order valence-corrected chi connectivity index (χ2v) is 3.57. The maximum Gasteiger partial charge on any atom is 0.0294 e. The largest absolute Gasteiger partial charge is 0.310 e. The number of rotatable bonds is 0. The number of nitrogens with one attached hydrogen (secondary N) is 1. The number of benzene rings is 1. The van der Waals surface area contributed by atoms with Gasteiger partial charge in [0, 0.05) is 6.04 Å². The highest BCUT2D eigenvalue weighted by molar-refractivity contribution is 5.38. The van der Waals surface area contributed by atoms with E-state index in [2.05, 4.69) is 37.4 Å². The van der Waals surface area contributed by atoms with Gasteiger partial charge < -0.3 is 5.32 Å². The Morgan fingerprint density at radius 1 is 1.42 bits per heavy atom. The van der Waals surface area contributed by atoms with Crippen molar-refractivity contribution in [2.75, 3.05) is 6.54 Å². The van der Waals surface area contributed by atoms with Crippen molar-refractivity contribution in [1.82, 2.24) is 5.32 Å². The summed E-state index contributed by atoms with van der Waals surface area (Å²) in [5, 5.41) is 3.47. The van der Waals surface area contributed by atoms with Crippen LogP contribution < -0.4 is 5.32 Å². The zero-order valence-corrected chi connectivity index (χ0v) is 7.72. The molecule has 0 spiro atoms. The molecule has 1 aromatic rings. The van der Waals surface area contributed by atoms with Crippen LogP contribution in [0.1, 0.15) is 29.7 Å². The molecule has 1 aromatic carbocycles. The highest BCUT2D eigenvalue weighted by Crippen LogP contribution is 2.24. The molecule has 2 rings (SSSR count). The Hall–Kier alpha value is -0.820. The topological polar surface area (TPSA) is 12.0 Å². The summed E-state index contributed by atoms with van der Waals surface area (Å²) >= 11 is 0. The van der Waals surface area contributed by atoms with Gasteiger partial charge in [0.25, 0.3) is 0 Å². The third-order valence-electron chi connectivity index (χ3n) is 2.74. The van der Waals surface area contributed by atoms with Crippen LogP contribution in [0.4, 0.5) is 0 Å². The summed E-state index contributed by atoms with van der Waals surface area (Å²) in [5.41, 5.74) is 4.49. The van der Waals surface area contributed by atoms with Gasteiger partial charge in [-0.25, -0.2) is 0 Å². The lowest BCUT2D eigenvalue weighted by Gasteiger charge is -2.25. The van der Waals surface area contributed by atoms with Gasteiger partial charge in [0.1, 0.15) is 0 Å². The molecule has 0 unspecified atom stereocenters. The Labute approximate surface area is 73.8 Å². The number of fused-ring (bicyclic) bond motifs is 1. The van der Waals surface area contributed by atoms with Gasteiger partial charge in [0.2, 0.25) is 0 Å². The first-order chi connectivity index (χ1) is 5.79. The van der Waals surface area contributed by atoms with E-state index in [1.165, 1.54) is 17.5 Å². The van der Waals surface area contributed by atoms with Crippen LogP contribution in [0.15, 0.2) is 18.2 Å². The normalized spacial score (nSPS) is 22.0. The minimum atomic E-state index is 0.536. The maximum absolute atomic E-state index is 3.47. The van der Waals surface area contributed by atoms with Crippen LogP contribution in [0, 0.1) is 6.92 Å². The molecule has 12 heavy (non-hydrogen) atoms. The van der Waals surface area contributed by atoms with Gasteiger partial charge >= 0.3 is 0 Å². The van der Waals surface area contributed by atoms with E-state index in [0.29, 0.717) is 6.04 Å². The van der Waals surface area contributed by atoms with Gasteiger partial charge in [-0.2, -0.15) is 0 Å². The number of hydrogen-bond donors (Lipinski definition) is 1. The molecule has 64 valence electrons. The van der Waals surface area contributed by atoms with E-state index in [0.717, 1.165) is 6.54 Å². The summed E-state index contributed by atoms with van der Waals surface area (Å²) in [5.74, 6) is 0. The fourth-order valence-corrected chi connectivity index (χ4v) is 2.00. The first-order valence-electron chi connectivity index (χ1n) is 4.61. The zero-order chi connectivity index (χ0) is 8.55. The van der Waals surface area contributed by atoms with Gasteiger partial charge in [0.15, 0.2) is 0 Å². The van der Waals surface area contributed by atoms with Crippen molar-refractivity contribution in [2.45, 2.75) is 26.3 Å². The minimum Gasteiger partial charge on any atom is -0.310 e. The predicted octanol–water partition coefficient (Wildman–Crippen LogP) is 2.20. The monoisotopic (exact) mass is 161 g/mol. The van der Waals surface area contributed by atoms with E-state index in [1.807, 2.05) is 0 Å². The standard InChI is InChI=1S/C11H15N/c1-8-4-3-5-11-9(2)12-7-6-10(8)11/h3-5,9,12H,6-7H2,1-2H3/t9-/m0/s1. The highest BCUT2D eigenvalue weighted by Gasteiger charge is 2.15. The van der Waals surface area contributed by atoms with Crippen LogP contribution in [-0.4, -0.2) is 6.54 Å². The van der Waals surface area contributed by atoms with Crippen LogP contribution in [-0.2, 0) is 6.42 Å². The first kappa shape index (κ1) is 7.81. The fourth-order valence-electron chi connectivity index (χ4n) is 2.00. The average molecular weight is 161 g/mol. The molecule has 1 N–H and O–H groups in total. The summed E-state index contributed by atoms with van der Waals surface area (Å²) in [6.07, 6.45) is 1.19. The lowest BCUT2D eigenvalue weighted by Crippen LogP contribution is -2.28. The van der Waals surface area contributed by atoms with Crippen molar-refractivity contribution in [2.24, 2.45) is 0 Å². The second kappa shape index (κ2) is 2.91. The van der Waals surface area contributed by atoms with Crippen molar-refractivity contribution in [3.05, 3.63) is 34.9 Å². The van der Waals surface area contributed by atoms with E-state index in [1.54, 1.807) is 5.56 Å². The molecule has 0 fully saturated rings. The molecule has 1 aliphatic rings. The second-order valence-electron chi connectivity index (χ2n) is 3.57. The van der Waals surface area contributed by atoms with Crippen LogP contribution in [0.25, 0.3) is 0 Å². The lowest BCUT2D eigenvalue weighted by atomic mass is 9.92. The number of aryl methyl sites for hydroxylation is 1. The van der Waals surface area contributed by atoms with E-state index in [9.17, 15) is 0 Å². The van der Waals surface area contributed by atoms with E-state index in [4.69, 9.17) is 0 Å². The van der Waals surface area contributed by atoms with Crippen molar-refractivity contribution in [3.8, 4) is 0 Å². The number of hydrogen-bond acceptors (Lipinski definition) is 1. The molecule has 0 radical (unpaired) electrons. The van der Waals surface area contributed by atoms with Crippen LogP contribution >= 0.6 is 0 Å². The molecule has 1 nitrogen and oxygen atoms in total. The Bertz CT molecular complexity index is 291. The summed E-state index contributed by atoms with van der Waals surface area (Å²) in [4.78, 5) is 0. The molecule has 0 amide bonds. The predicted molar refractivity (Wildman–Crippen MR) is 51.3 cm³/mol.